The summed E-state index contributed by atoms with van der Waals surface area (Å²) >= 11 is 0. The predicted octanol–water partition coefficient (Wildman–Crippen LogP) is 3.06. The van der Waals surface area contributed by atoms with E-state index in [1.54, 1.807) is 0 Å². The quantitative estimate of drug-likeness (QED) is 0.527. The number of benzene rings is 1. The van der Waals surface area contributed by atoms with E-state index in [0.29, 0.717) is 11.3 Å². The molecule has 2 atom stereocenters. The second kappa shape index (κ2) is 12.8. The SMILES string of the molecule is C=Nc1c(C#N)ccc(N2C[C@H](CN3CCN(c4ccnc(N5CCC(N)CC5)n4)CC3)O[C@H](C)C2)c1/C=C\C. The summed E-state index contributed by atoms with van der Waals surface area (Å²) in [5.41, 5.74) is 9.27. The van der Waals surface area contributed by atoms with Crippen LogP contribution in [0.1, 0.15) is 37.8 Å². The first kappa shape index (κ1) is 28.0. The summed E-state index contributed by atoms with van der Waals surface area (Å²) in [7, 11) is 0. The Labute approximate surface area is 237 Å². The molecule has 0 aliphatic carbocycles. The summed E-state index contributed by atoms with van der Waals surface area (Å²) in [5.74, 6) is 1.81. The Morgan fingerprint density at radius 1 is 1.10 bits per heavy atom. The zero-order valence-corrected chi connectivity index (χ0v) is 23.7. The van der Waals surface area contributed by atoms with Crippen LogP contribution < -0.4 is 20.4 Å². The van der Waals surface area contributed by atoms with Crippen LogP contribution in [0, 0.1) is 11.3 Å². The molecule has 40 heavy (non-hydrogen) atoms. The van der Waals surface area contributed by atoms with Crippen LogP contribution in [0.4, 0.5) is 23.1 Å². The van der Waals surface area contributed by atoms with E-state index in [1.807, 2.05) is 43.5 Å². The van der Waals surface area contributed by atoms with Crippen LogP contribution in [-0.4, -0.2) is 98.7 Å². The van der Waals surface area contributed by atoms with E-state index < -0.39 is 0 Å². The molecule has 4 heterocycles. The molecular formula is C30H41N9O. The van der Waals surface area contributed by atoms with E-state index in [9.17, 15) is 5.26 Å². The van der Waals surface area contributed by atoms with Gasteiger partial charge in [0.1, 0.15) is 11.9 Å². The smallest absolute Gasteiger partial charge is 0.227 e. The Morgan fingerprint density at radius 2 is 1.88 bits per heavy atom. The molecule has 1 aromatic heterocycles. The number of hydrogen-bond donors (Lipinski definition) is 1. The van der Waals surface area contributed by atoms with Crippen molar-refractivity contribution >= 4 is 35.9 Å². The number of morpholine rings is 1. The third-order valence-electron chi connectivity index (χ3n) is 8.08. The van der Waals surface area contributed by atoms with Crippen molar-refractivity contribution < 1.29 is 4.74 Å². The van der Waals surface area contributed by atoms with E-state index >= 15 is 0 Å². The van der Waals surface area contributed by atoms with Gasteiger partial charge in [-0.3, -0.25) is 9.89 Å². The number of nitrogens with zero attached hydrogens (tertiary/aromatic N) is 8. The highest BCUT2D eigenvalue weighted by atomic mass is 16.5. The molecule has 0 amide bonds. The van der Waals surface area contributed by atoms with Crippen LogP contribution in [0.15, 0.2) is 35.5 Å². The Morgan fingerprint density at radius 3 is 2.58 bits per heavy atom. The van der Waals surface area contributed by atoms with Crippen LogP contribution in [0.25, 0.3) is 6.08 Å². The summed E-state index contributed by atoms with van der Waals surface area (Å²) < 4.78 is 6.41. The van der Waals surface area contributed by atoms with E-state index in [0.717, 1.165) is 94.8 Å². The van der Waals surface area contributed by atoms with Gasteiger partial charge in [-0.15, -0.1) is 0 Å². The maximum atomic E-state index is 9.57. The lowest BCUT2D eigenvalue weighted by atomic mass is 10.0. The Hall–Kier alpha value is -3.52. The molecule has 2 aromatic rings. The van der Waals surface area contributed by atoms with Gasteiger partial charge in [0, 0.05) is 82.4 Å². The standard InChI is InChI=1S/C30H41N9O/c1-4-5-26-27(7-6-23(18-31)29(26)33-3)39-19-22(2)40-25(21-39)20-36-14-16-37(17-15-36)28-8-11-34-30(35-28)38-12-9-24(32)10-13-38/h4-8,11,22,24-25H,3,9-10,12-17,19-21,32H2,1-2H3/b5-4-/t22-,25+/m1/s1. The monoisotopic (exact) mass is 543 g/mol. The van der Waals surface area contributed by atoms with Crippen LogP contribution in [-0.2, 0) is 4.74 Å². The average molecular weight is 544 g/mol. The number of aliphatic imine (C=N–C) groups is 1. The van der Waals surface area contributed by atoms with Gasteiger partial charge >= 0.3 is 0 Å². The highest BCUT2D eigenvalue weighted by molar-refractivity contribution is 5.82. The molecule has 0 bridgehead atoms. The summed E-state index contributed by atoms with van der Waals surface area (Å²) in [6, 6.07) is 8.43. The van der Waals surface area contributed by atoms with Crippen LogP contribution in [0.2, 0.25) is 0 Å². The number of nitrogens with two attached hydrogens (primary N) is 1. The molecule has 3 fully saturated rings. The van der Waals surface area contributed by atoms with Crippen molar-refractivity contribution in [2.75, 3.05) is 73.6 Å². The second-order valence-corrected chi connectivity index (χ2v) is 11.0. The zero-order chi connectivity index (χ0) is 28.1. The largest absolute Gasteiger partial charge is 0.370 e. The van der Waals surface area contributed by atoms with Gasteiger partial charge in [-0.05, 0) is 51.6 Å². The Bertz CT molecular complexity index is 1240. The van der Waals surface area contributed by atoms with E-state index in [2.05, 4.69) is 49.3 Å². The van der Waals surface area contributed by atoms with Crippen molar-refractivity contribution in [3.05, 3.63) is 41.6 Å². The zero-order valence-electron chi connectivity index (χ0n) is 23.7. The van der Waals surface area contributed by atoms with Crippen molar-refractivity contribution in [1.29, 1.82) is 5.26 Å². The molecule has 0 spiro atoms. The van der Waals surface area contributed by atoms with Gasteiger partial charge in [-0.1, -0.05) is 12.2 Å². The first-order valence-electron chi connectivity index (χ1n) is 14.4. The first-order valence-corrected chi connectivity index (χ1v) is 14.4. The highest BCUT2D eigenvalue weighted by Crippen LogP contribution is 2.35. The molecule has 0 radical (unpaired) electrons. The molecule has 5 rings (SSSR count). The lowest BCUT2D eigenvalue weighted by Gasteiger charge is -2.42. The maximum absolute atomic E-state index is 9.57. The molecule has 1 aromatic carbocycles. The van der Waals surface area contributed by atoms with Gasteiger partial charge in [0.2, 0.25) is 5.95 Å². The molecular weight excluding hydrogens is 502 g/mol. The van der Waals surface area contributed by atoms with Crippen molar-refractivity contribution in [3.8, 4) is 6.07 Å². The number of allylic oxidation sites excluding steroid dienone is 1. The number of piperazine rings is 1. The first-order chi connectivity index (χ1) is 19.5. The number of anilines is 3. The fourth-order valence-corrected chi connectivity index (χ4v) is 6.02. The number of rotatable bonds is 7. The van der Waals surface area contributed by atoms with Crippen molar-refractivity contribution in [2.45, 2.75) is 44.9 Å². The van der Waals surface area contributed by atoms with Crippen LogP contribution >= 0.6 is 0 Å². The summed E-state index contributed by atoms with van der Waals surface area (Å²) in [4.78, 5) is 23.1. The lowest BCUT2D eigenvalue weighted by molar-refractivity contribution is -0.0328. The van der Waals surface area contributed by atoms with Gasteiger partial charge in [0.25, 0.3) is 0 Å². The van der Waals surface area contributed by atoms with Gasteiger partial charge in [-0.25, -0.2) is 4.98 Å². The van der Waals surface area contributed by atoms with Crippen molar-refractivity contribution in [1.82, 2.24) is 14.9 Å². The van der Waals surface area contributed by atoms with E-state index in [4.69, 9.17) is 15.5 Å². The Kier molecular flexibility index (Phi) is 8.94. The minimum Gasteiger partial charge on any atom is -0.370 e. The molecule has 0 saturated carbocycles. The third kappa shape index (κ3) is 6.28. The lowest BCUT2D eigenvalue weighted by Crippen LogP contribution is -2.54. The minimum atomic E-state index is 0.0839. The van der Waals surface area contributed by atoms with Crippen molar-refractivity contribution in [2.24, 2.45) is 10.7 Å². The minimum absolute atomic E-state index is 0.0839. The normalized spacial score (nSPS) is 23.0. The number of nitriles is 1. The molecule has 3 aliphatic heterocycles. The van der Waals surface area contributed by atoms with E-state index in [1.165, 1.54) is 0 Å². The maximum Gasteiger partial charge on any atom is 0.227 e. The molecule has 2 N–H and O–H groups in total. The van der Waals surface area contributed by atoms with Gasteiger partial charge < -0.3 is 25.2 Å². The predicted molar refractivity (Wildman–Crippen MR) is 162 cm³/mol. The topological polar surface area (TPSA) is 110 Å². The number of ether oxygens (including phenoxy) is 1. The number of hydrogen-bond acceptors (Lipinski definition) is 10. The van der Waals surface area contributed by atoms with Gasteiger partial charge in [0.05, 0.1) is 23.5 Å². The third-order valence-corrected chi connectivity index (χ3v) is 8.08. The molecule has 3 saturated heterocycles. The number of aromatic nitrogens is 2. The summed E-state index contributed by atoms with van der Waals surface area (Å²) in [5, 5.41) is 9.57. The molecule has 212 valence electrons. The van der Waals surface area contributed by atoms with Gasteiger partial charge in [0.15, 0.2) is 0 Å². The molecule has 10 heteroatoms. The average Bonchev–Trinajstić information content (AvgIpc) is 2.97. The fourth-order valence-electron chi connectivity index (χ4n) is 6.02. The second-order valence-electron chi connectivity index (χ2n) is 11.0. The van der Waals surface area contributed by atoms with Crippen LogP contribution in [0.5, 0.6) is 0 Å². The van der Waals surface area contributed by atoms with Crippen molar-refractivity contribution in [3.63, 3.8) is 0 Å². The highest BCUT2D eigenvalue weighted by Gasteiger charge is 2.30. The van der Waals surface area contributed by atoms with Gasteiger partial charge in [-0.2, -0.15) is 10.2 Å². The molecule has 3 aliphatic rings. The molecule has 10 nitrogen and oxygen atoms in total. The van der Waals surface area contributed by atoms with Crippen LogP contribution in [0.3, 0.4) is 0 Å². The summed E-state index contributed by atoms with van der Waals surface area (Å²) in [6.45, 7) is 15.9. The number of piperidine rings is 1. The fraction of sp³-hybridized carbons (Fsp3) is 0.533. The Balaban J connectivity index is 1.21. The molecule has 0 unspecified atom stereocenters. The summed E-state index contributed by atoms with van der Waals surface area (Å²) in [6.07, 6.45) is 8.03. The van der Waals surface area contributed by atoms with E-state index in [-0.39, 0.29) is 18.2 Å².